The Labute approximate surface area is 102 Å². The van der Waals surface area contributed by atoms with Crippen molar-refractivity contribution < 1.29 is 9.47 Å². The molecule has 0 bridgehead atoms. The molecule has 0 amide bonds. The lowest BCUT2D eigenvalue weighted by atomic mass is 9.77. The Morgan fingerprint density at radius 1 is 1.00 bits per heavy atom. The second-order valence-corrected chi connectivity index (χ2v) is 7.00. The molecule has 6 unspecified atom stereocenters. The summed E-state index contributed by atoms with van der Waals surface area (Å²) < 4.78 is 11.2. The lowest BCUT2D eigenvalue weighted by Crippen LogP contribution is -2.32. The summed E-state index contributed by atoms with van der Waals surface area (Å²) in [5.74, 6) is 0.802. The van der Waals surface area contributed by atoms with Gasteiger partial charge in [-0.2, -0.15) is 0 Å². The Morgan fingerprint density at radius 2 is 1.81 bits per heavy atom. The lowest BCUT2D eigenvalue weighted by molar-refractivity contribution is 0.284. The van der Waals surface area contributed by atoms with Crippen LogP contribution in [0, 0.1) is 5.92 Å². The van der Waals surface area contributed by atoms with Crippen LogP contribution in [0.4, 0.5) is 0 Å². The van der Waals surface area contributed by atoms with Gasteiger partial charge in [-0.05, 0) is 50.9 Å². The highest BCUT2D eigenvalue weighted by molar-refractivity contribution is 6.24. The molecule has 3 heteroatoms. The van der Waals surface area contributed by atoms with Crippen LogP contribution in [-0.2, 0) is 9.47 Å². The van der Waals surface area contributed by atoms with E-state index in [0.29, 0.717) is 24.4 Å². The molecule has 2 heterocycles. The van der Waals surface area contributed by atoms with Crippen LogP contribution in [0.2, 0.25) is 0 Å². The predicted octanol–water partition coefficient (Wildman–Crippen LogP) is 2.87. The van der Waals surface area contributed by atoms with E-state index in [9.17, 15) is 0 Å². The van der Waals surface area contributed by atoms with E-state index in [0.717, 1.165) is 18.8 Å². The second-order valence-electron chi connectivity index (χ2n) is 6.20. The highest BCUT2D eigenvalue weighted by Crippen LogP contribution is 2.50. The standard InChI is InChI=1S/C13H19ClO2/c14-13(4-3-10-12(7-13)16-10)6-8-1-2-9-11(5-8)15-9/h8-12H,1-7H2. The minimum absolute atomic E-state index is 0.0457. The maximum Gasteiger partial charge on any atom is 0.0858 e. The van der Waals surface area contributed by atoms with Crippen molar-refractivity contribution >= 4 is 11.6 Å². The molecule has 90 valence electrons. The van der Waals surface area contributed by atoms with Crippen molar-refractivity contribution in [1.82, 2.24) is 0 Å². The average Bonchev–Trinajstić information content (AvgIpc) is 3.08. The quantitative estimate of drug-likeness (QED) is 0.550. The molecular weight excluding hydrogens is 224 g/mol. The Hall–Kier alpha value is 0.210. The molecule has 0 aromatic rings. The summed E-state index contributed by atoms with van der Waals surface area (Å²) in [6.07, 6.45) is 10.7. The normalized spacial score (nSPS) is 58.7. The van der Waals surface area contributed by atoms with Gasteiger partial charge in [-0.3, -0.25) is 0 Å². The van der Waals surface area contributed by atoms with Gasteiger partial charge in [0.1, 0.15) is 0 Å². The van der Waals surface area contributed by atoms with Crippen molar-refractivity contribution in [3.8, 4) is 0 Å². The average molecular weight is 243 g/mol. The van der Waals surface area contributed by atoms with Gasteiger partial charge in [-0.15, -0.1) is 11.6 Å². The molecule has 4 aliphatic rings. The monoisotopic (exact) mass is 242 g/mol. The first-order valence-corrected chi connectivity index (χ1v) is 7.09. The summed E-state index contributed by atoms with van der Waals surface area (Å²) in [5.41, 5.74) is 0. The Balaban J connectivity index is 1.37. The van der Waals surface area contributed by atoms with E-state index in [2.05, 4.69) is 0 Å². The highest BCUT2D eigenvalue weighted by atomic mass is 35.5. The van der Waals surface area contributed by atoms with Crippen LogP contribution in [0.3, 0.4) is 0 Å². The summed E-state index contributed by atoms with van der Waals surface area (Å²) in [6, 6.07) is 0. The largest absolute Gasteiger partial charge is 0.370 e. The molecule has 2 saturated carbocycles. The van der Waals surface area contributed by atoms with Crippen LogP contribution >= 0.6 is 11.6 Å². The van der Waals surface area contributed by atoms with Gasteiger partial charge in [0.25, 0.3) is 0 Å². The SMILES string of the molecule is ClC1(CC2CCC3OC3C2)CCC2OC2C1. The van der Waals surface area contributed by atoms with Crippen LogP contribution in [-0.4, -0.2) is 29.3 Å². The van der Waals surface area contributed by atoms with Gasteiger partial charge in [0.05, 0.1) is 24.4 Å². The fourth-order valence-corrected chi connectivity index (χ4v) is 4.33. The molecule has 6 atom stereocenters. The Bertz CT molecular complexity index is 308. The number of epoxide rings is 2. The van der Waals surface area contributed by atoms with Crippen molar-refractivity contribution in [1.29, 1.82) is 0 Å². The van der Waals surface area contributed by atoms with Crippen LogP contribution in [0.15, 0.2) is 0 Å². The molecular formula is C13H19ClO2. The van der Waals surface area contributed by atoms with Gasteiger partial charge >= 0.3 is 0 Å². The number of fused-ring (bicyclic) bond motifs is 2. The summed E-state index contributed by atoms with van der Waals surface area (Å²) in [5, 5.41) is 0. The zero-order chi connectivity index (χ0) is 10.8. The molecule has 16 heavy (non-hydrogen) atoms. The molecule has 2 aliphatic heterocycles. The van der Waals surface area contributed by atoms with Crippen LogP contribution in [0.5, 0.6) is 0 Å². The topological polar surface area (TPSA) is 25.1 Å². The molecule has 0 radical (unpaired) electrons. The third kappa shape index (κ3) is 1.79. The Kier molecular flexibility index (Phi) is 2.14. The van der Waals surface area contributed by atoms with E-state index < -0.39 is 0 Å². The van der Waals surface area contributed by atoms with E-state index in [1.165, 1.54) is 32.1 Å². The lowest BCUT2D eigenvalue weighted by Gasteiger charge is -2.33. The van der Waals surface area contributed by atoms with Crippen molar-refractivity contribution in [3.63, 3.8) is 0 Å². The van der Waals surface area contributed by atoms with E-state index in [1.807, 2.05) is 0 Å². The highest BCUT2D eigenvalue weighted by Gasteiger charge is 2.51. The molecule has 0 N–H and O–H groups in total. The van der Waals surface area contributed by atoms with E-state index >= 15 is 0 Å². The number of halogens is 1. The first kappa shape index (κ1) is 10.2. The third-order valence-corrected chi connectivity index (χ3v) is 5.40. The molecule has 2 saturated heterocycles. The Morgan fingerprint density at radius 3 is 2.62 bits per heavy atom. The predicted molar refractivity (Wildman–Crippen MR) is 61.7 cm³/mol. The van der Waals surface area contributed by atoms with Gasteiger partial charge < -0.3 is 9.47 Å². The minimum atomic E-state index is 0.0457. The van der Waals surface area contributed by atoms with E-state index in [1.54, 1.807) is 0 Å². The first-order valence-electron chi connectivity index (χ1n) is 6.72. The van der Waals surface area contributed by atoms with Gasteiger partial charge in [-0.1, -0.05) is 0 Å². The van der Waals surface area contributed by atoms with E-state index in [4.69, 9.17) is 21.1 Å². The summed E-state index contributed by atoms with van der Waals surface area (Å²) in [4.78, 5) is 0.0457. The zero-order valence-electron chi connectivity index (χ0n) is 9.53. The van der Waals surface area contributed by atoms with Gasteiger partial charge in [-0.25, -0.2) is 0 Å². The number of hydrogen-bond donors (Lipinski definition) is 0. The van der Waals surface area contributed by atoms with Crippen molar-refractivity contribution in [2.45, 2.75) is 74.2 Å². The van der Waals surface area contributed by atoms with Gasteiger partial charge in [0, 0.05) is 4.87 Å². The molecule has 0 spiro atoms. The summed E-state index contributed by atoms with van der Waals surface area (Å²) in [6.45, 7) is 0. The zero-order valence-corrected chi connectivity index (χ0v) is 10.3. The molecule has 2 aliphatic carbocycles. The van der Waals surface area contributed by atoms with Crippen molar-refractivity contribution in [3.05, 3.63) is 0 Å². The second kappa shape index (κ2) is 3.37. The third-order valence-electron chi connectivity index (χ3n) is 4.90. The van der Waals surface area contributed by atoms with E-state index in [-0.39, 0.29) is 4.87 Å². The molecule has 0 aromatic heterocycles. The summed E-state index contributed by atoms with van der Waals surface area (Å²) >= 11 is 6.77. The number of hydrogen-bond acceptors (Lipinski definition) is 2. The smallest absolute Gasteiger partial charge is 0.0858 e. The van der Waals surface area contributed by atoms with Crippen LogP contribution in [0.1, 0.15) is 44.9 Å². The maximum atomic E-state index is 6.77. The number of ether oxygens (including phenoxy) is 2. The van der Waals surface area contributed by atoms with Crippen LogP contribution in [0.25, 0.3) is 0 Å². The van der Waals surface area contributed by atoms with Gasteiger partial charge in [0.2, 0.25) is 0 Å². The fourth-order valence-electron chi connectivity index (χ4n) is 3.85. The molecule has 0 aromatic carbocycles. The first-order chi connectivity index (χ1) is 7.72. The number of alkyl halides is 1. The molecule has 4 rings (SSSR count). The van der Waals surface area contributed by atoms with Crippen molar-refractivity contribution in [2.75, 3.05) is 0 Å². The maximum absolute atomic E-state index is 6.77. The number of rotatable bonds is 2. The van der Waals surface area contributed by atoms with Gasteiger partial charge in [0.15, 0.2) is 0 Å². The van der Waals surface area contributed by atoms with Crippen molar-refractivity contribution in [2.24, 2.45) is 5.92 Å². The molecule has 2 nitrogen and oxygen atoms in total. The van der Waals surface area contributed by atoms with Crippen LogP contribution < -0.4 is 0 Å². The summed E-state index contributed by atoms with van der Waals surface area (Å²) in [7, 11) is 0. The molecule has 4 fully saturated rings. The fraction of sp³-hybridized carbons (Fsp3) is 1.00. The minimum Gasteiger partial charge on any atom is -0.370 e.